The van der Waals surface area contributed by atoms with Gasteiger partial charge in [-0.3, -0.25) is 0 Å². The Hall–Kier alpha value is -1.63. The molecule has 0 saturated heterocycles. The second-order valence-corrected chi connectivity index (χ2v) is 4.93. The number of hydrogen-bond acceptors (Lipinski definition) is 7. The van der Waals surface area contributed by atoms with Crippen LogP contribution in [-0.4, -0.2) is 48.8 Å². The van der Waals surface area contributed by atoms with E-state index < -0.39 is 0 Å². The summed E-state index contributed by atoms with van der Waals surface area (Å²) in [7, 11) is 3.71. The van der Waals surface area contributed by atoms with E-state index in [1.54, 1.807) is 4.90 Å². The lowest BCUT2D eigenvalue weighted by Crippen LogP contribution is -2.18. The third-order valence-corrected chi connectivity index (χ3v) is 2.41. The minimum absolute atomic E-state index is 0.210. The average Bonchev–Trinajstić information content (AvgIpc) is 2.32. The smallest absolute Gasteiger partial charge is 0.231 e. The zero-order valence-electron chi connectivity index (χ0n) is 12.2. The molecule has 0 aliphatic heterocycles. The molecular formula is C12H24N6O. The first-order chi connectivity index (χ1) is 8.99. The molecule has 0 aromatic carbocycles. The molecule has 19 heavy (non-hydrogen) atoms. The van der Waals surface area contributed by atoms with Gasteiger partial charge in [-0.1, -0.05) is 13.8 Å². The largest absolute Gasteiger partial charge is 0.380 e. The van der Waals surface area contributed by atoms with Crippen LogP contribution in [-0.2, 0) is 4.74 Å². The van der Waals surface area contributed by atoms with Crippen LogP contribution >= 0.6 is 0 Å². The van der Waals surface area contributed by atoms with Crippen LogP contribution < -0.4 is 16.0 Å². The number of nitrogens with zero attached hydrogens (tertiary/aromatic N) is 4. The maximum Gasteiger partial charge on any atom is 0.231 e. The average molecular weight is 268 g/mol. The number of aromatic nitrogens is 3. The van der Waals surface area contributed by atoms with Crippen molar-refractivity contribution in [2.24, 2.45) is 5.92 Å². The molecule has 7 nitrogen and oxygen atoms in total. The Kier molecular flexibility index (Phi) is 6.27. The molecular weight excluding hydrogens is 244 g/mol. The minimum Gasteiger partial charge on any atom is -0.380 e. The Morgan fingerprint density at radius 3 is 2.58 bits per heavy atom. The van der Waals surface area contributed by atoms with Crippen molar-refractivity contribution >= 4 is 17.8 Å². The molecule has 0 atom stereocenters. The number of nitrogens with one attached hydrogen (secondary N) is 1. The van der Waals surface area contributed by atoms with Gasteiger partial charge < -0.3 is 20.7 Å². The highest BCUT2D eigenvalue weighted by molar-refractivity contribution is 5.40. The van der Waals surface area contributed by atoms with E-state index in [2.05, 4.69) is 34.1 Å². The van der Waals surface area contributed by atoms with Gasteiger partial charge in [-0.05, 0) is 12.3 Å². The van der Waals surface area contributed by atoms with Crippen LogP contribution in [0.4, 0.5) is 17.8 Å². The fourth-order valence-corrected chi connectivity index (χ4v) is 1.32. The number of nitrogen functional groups attached to an aromatic ring is 1. The van der Waals surface area contributed by atoms with Crippen molar-refractivity contribution in [2.75, 3.05) is 49.8 Å². The first kappa shape index (κ1) is 15.4. The molecule has 0 spiro atoms. The van der Waals surface area contributed by atoms with Gasteiger partial charge in [0, 0.05) is 27.2 Å². The highest BCUT2D eigenvalue weighted by atomic mass is 16.5. The molecule has 0 aliphatic rings. The summed E-state index contributed by atoms with van der Waals surface area (Å²) in [5, 5.41) is 3.07. The summed E-state index contributed by atoms with van der Waals surface area (Å²) in [5.74, 6) is 1.89. The maximum absolute atomic E-state index is 5.62. The third kappa shape index (κ3) is 6.19. The van der Waals surface area contributed by atoms with E-state index in [9.17, 15) is 0 Å². The summed E-state index contributed by atoms with van der Waals surface area (Å²) in [6, 6.07) is 0. The molecule has 0 amide bonds. The standard InChI is InChI=1S/C12H24N6O/c1-9(2)5-7-19-8-6-14-11-15-10(13)16-12(17-11)18(3)4/h9H,5-8H2,1-4H3,(H3,13,14,15,16,17). The van der Waals surface area contributed by atoms with Crippen LogP contribution in [0.15, 0.2) is 0 Å². The normalized spacial score (nSPS) is 10.8. The molecule has 1 rings (SSSR count). The second kappa shape index (κ2) is 7.73. The van der Waals surface area contributed by atoms with Crippen LogP contribution in [0.2, 0.25) is 0 Å². The van der Waals surface area contributed by atoms with E-state index in [0.717, 1.165) is 13.0 Å². The highest BCUT2D eigenvalue weighted by Crippen LogP contribution is 2.08. The molecule has 108 valence electrons. The minimum atomic E-state index is 0.210. The molecule has 0 fully saturated rings. The predicted molar refractivity (Wildman–Crippen MR) is 77.3 cm³/mol. The number of anilines is 3. The lowest BCUT2D eigenvalue weighted by atomic mass is 10.1. The Morgan fingerprint density at radius 1 is 1.21 bits per heavy atom. The summed E-state index contributed by atoms with van der Waals surface area (Å²) in [6.07, 6.45) is 1.07. The lowest BCUT2D eigenvalue weighted by molar-refractivity contribution is 0.132. The number of rotatable bonds is 8. The van der Waals surface area contributed by atoms with Crippen molar-refractivity contribution in [2.45, 2.75) is 20.3 Å². The quantitative estimate of drug-likeness (QED) is 0.680. The van der Waals surface area contributed by atoms with Crippen molar-refractivity contribution in [3.63, 3.8) is 0 Å². The molecule has 3 N–H and O–H groups in total. The van der Waals surface area contributed by atoms with Crippen molar-refractivity contribution in [1.82, 2.24) is 15.0 Å². The fourth-order valence-electron chi connectivity index (χ4n) is 1.32. The number of hydrogen-bond donors (Lipinski definition) is 2. The van der Waals surface area contributed by atoms with E-state index in [0.29, 0.717) is 31.0 Å². The van der Waals surface area contributed by atoms with Gasteiger partial charge in [-0.15, -0.1) is 0 Å². The summed E-state index contributed by atoms with van der Waals surface area (Å²) in [6.45, 7) is 6.40. The van der Waals surface area contributed by atoms with Crippen LogP contribution in [0.1, 0.15) is 20.3 Å². The summed E-state index contributed by atoms with van der Waals surface area (Å²) in [5.41, 5.74) is 5.62. The van der Waals surface area contributed by atoms with Gasteiger partial charge in [-0.2, -0.15) is 15.0 Å². The first-order valence-corrected chi connectivity index (χ1v) is 6.49. The summed E-state index contributed by atoms with van der Waals surface area (Å²) in [4.78, 5) is 14.1. The van der Waals surface area contributed by atoms with E-state index in [1.807, 2.05) is 14.1 Å². The monoisotopic (exact) mass is 268 g/mol. The zero-order chi connectivity index (χ0) is 14.3. The van der Waals surface area contributed by atoms with Crippen molar-refractivity contribution in [3.8, 4) is 0 Å². The Morgan fingerprint density at radius 2 is 1.95 bits per heavy atom. The van der Waals surface area contributed by atoms with Crippen LogP contribution in [0.3, 0.4) is 0 Å². The van der Waals surface area contributed by atoms with Gasteiger partial charge >= 0.3 is 0 Å². The van der Waals surface area contributed by atoms with Gasteiger partial charge in [0.2, 0.25) is 17.8 Å². The van der Waals surface area contributed by atoms with Gasteiger partial charge in [0.15, 0.2) is 0 Å². The molecule has 0 bridgehead atoms. The predicted octanol–water partition coefficient (Wildman–Crippen LogP) is 0.994. The van der Waals surface area contributed by atoms with Crippen molar-refractivity contribution < 1.29 is 4.74 Å². The molecule has 7 heteroatoms. The zero-order valence-corrected chi connectivity index (χ0v) is 12.2. The number of nitrogens with two attached hydrogens (primary N) is 1. The Bertz CT molecular complexity index is 382. The molecule has 0 radical (unpaired) electrons. The first-order valence-electron chi connectivity index (χ1n) is 6.49. The fraction of sp³-hybridized carbons (Fsp3) is 0.750. The van der Waals surface area contributed by atoms with E-state index in [-0.39, 0.29) is 5.95 Å². The van der Waals surface area contributed by atoms with Crippen LogP contribution in [0.25, 0.3) is 0 Å². The van der Waals surface area contributed by atoms with Gasteiger partial charge in [-0.25, -0.2) is 0 Å². The molecule has 0 unspecified atom stereocenters. The topological polar surface area (TPSA) is 89.2 Å². The number of ether oxygens (including phenoxy) is 1. The second-order valence-electron chi connectivity index (χ2n) is 4.93. The Labute approximate surface area is 114 Å². The van der Waals surface area contributed by atoms with Gasteiger partial charge in [0.1, 0.15) is 0 Å². The SMILES string of the molecule is CC(C)CCOCCNc1nc(N)nc(N(C)C)n1. The van der Waals surface area contributed by atoms with Crippen molar-refractivity contribution in [3.05, 3.63) is 0 Å². The highest BCUT2D eigenvalue weighted by Gasteiger charge is 2.05. The summed E-state index contributed by atoms with van der Waals surface area (Å²) >= 11 is 0. The van der Waals surface area contributed by atoms with Gasteiger partial charge in [0.05, 0.1) is 6.61 Å². The van der Waals surface area contributed by atoms with E-state index >= 15 is 0 Å². The molecule has 0 aliphatic carbocycles. The maximum atomic E-state index is 5.62. The molecule has 1 aromatic heterocycles. The summed E-state index contributed by atoms with van der Waals surface area (Å²) < 4.78 is 5.50. The lowest BCUT2D eigenvalue weighted by Gasteiger charge is -2.12. The third-order valence-electron chi connectivity index (χ3n) is 2.41. The molecule has 0 saturated carbocycles. The van der Waals surface area contributed by atoms with Crippen molar-refractivity contribution in [1.29, 1.82) is 0 Å². The Balaban J connectivity index is 2.33. The van der Waals surface area contributed by atoms with E-state index in [4.69, 9.17) is 10.5 Å². The molecule has 1 aromatic rings. The van der Waals surface area contributed by atoms with Crippen LogP contribution in [0.5, 0.6) is 0 Å². The van der Waals surface area contributed by atoms with Gasteiger partial charge in [0.25, 0.3) is 0 Å². The van der Waals surface area contributed by atoms with E-state index in [1.165, 1.54) is 0 Å². The molecule has 1 heterocycles. The van der Waals surface area contributed by atoms with Crippen LogP contribution in [0, 0.1) is 5.92 Å².